The van der Waals surface area contributed by atoms with E-state index in [1.54, 1.807) is 30.3 Å². The van der Waals surface area contributed by atoms with E-state index in [1.807, 2.05) is 0 Å². The Kier molecular flexibility index (Phi) is 6.79. The number of nitrogens with one attached hydrogen (secondary N) is 1. The molecule has 9 heteroatoms. The number of hydrogen-bond donors (Lipinski definition) is 2. The number of phenols is 1. The Balaban J connectivity index is 2.09. The lowest BCUT2D eigenvalue weighted by molar-refractivity contribution is -0.122. The molecule has 1 heterocycles. The van der Waals surface area contributed by atoms with E-state index in [2.05, 4.69) is 11.9 Å². The van der Waals surface area contributed by atoms with Crippen LogP contribution in [0, 0.1) is 0 Å². The predicted molar refractivity (Wildman–Crippen MR) is 124 cm³/mol. The molecular weight excluding hydrogens is 432 g/mol. The van der Waals surface area contributed by atoms with E-state index in [0.717, 1.165) is 0 Å². The summed E-state index contributed by atoms with van der Waals surface area (Å²) in [7, 11) is 4.38. The number of phenolic OH excluding ortho intramolecular Hbond substituents is 1. The molecule has 1 aliphatic rings. The molecule has 32 heavy (non-hydrogen) atoms. The molecule has 2 N–H and O–H groups in total. The lowest BCUT2D eigenvalue weighted by Gasteiger charge is -2.30. The molecule has 8 nitrogen and oxygen atoms in total. The molecule has 0 saturated carbocycles. The van der Waals surface area contributed by atoms with Crippen molar-refractivity contribution in [1.29, 1.82) is 0 Å². The minimum Gasteiger partial charge on any atom is -0.504 e. The Morgan fingerprint density at radius 1 is 1.09 bits per heavy atom. The second kappa shape index (κ2) is 9.52. The number of ether oxygens (including phenoxy) is 3. The van der Waals surface area contributed by atoms with E-state index in [-0.39, 0.29) is 22.2 Å². The summed E-state index contributed by atoms with van der Waals surface area (Å²) in [5.74, 6) is -0.203. The fraction of sp³-hybridized carbons (Fsp3) is 0.174. The first-order valence-electron chi connectivity index (χ1n) is 9.48. The summed E-state index contributed by atoms with van der Waals surface area (Å²) >= 11 is 5.26. The molecule has 166 valence electrons. The number of aromatic hydroxyl groups is 1. The SMILES string of the molecule is C=CCc1cc(/C=C2\C(=O)NC(=S)N(c3ccc(OC)cc3OC)C2=O)cc(OC)c1O. The van der Waals surface area contributed by atoms with Crippen LogP contribution in [0.2, 0.25) is 0 Å². The monoisotopic (exact) mass is 454 g/mol. The number of amides is 2. The van der Waals surface area contributed by atoms with Crippen LogP contribution >= 0.6 is 12.2 Å². The molecule has 0 aromatic heterocycles. The highest BCUT2D eigenvalue weighted by Crippen LogP contribution is 2.36. The zero-order chi connectivity index (χ0) is 23.4. The Labute approximate surface area is 190 Å². The number of rotatable bonds is 7. The summed E-state index contributed by atoms with van der Waals surface area (Å²) in [5.41, 5.74) is 1.24. The minimum absolute atomic E-state index is 0.0280. The number of methoxy groups -OCH3 is 3. The molecule has 2 amide bonds. The third kappa shape index (κ3) is 4.28. The highest BCUT2D eigenvalue weighted by atomic mass is 32.1. The highest BCUT2D eigenvalue weighted by molar-refractivity contribution is 7.80. The average molecular weight is 455 g/mol. The summed E-state index contributed by atoms with van der Waals surface area (Å²) in [6, 6.07) is 8.05. The second-order valence-corrected chi connectivity index (χ2v) is 7.11. The smallest absolute Gasteiger partial charge is 0.270 e. The van der Waals surface area contributed by atoms with Crippen molar-refractivity contribution >= 4 is 40.9 Å². The summed E-state index contributed by atoms with van der Waals surface area (Å²) in [6.45, 7) is 3.68. The maximum atomic E-state index is 13.3. The summed E-state index contributed by atoms with van der Waals surface area (Å²) in [5, 5.41) is 12.8. The van der Waals surface area contributed by atoms with E-state index < -0.39 is 11.8 Å². The van der Waals surface area contributed by atoms with Crippen molar-refractivity contribution in [3.05, 3.63) is 59.7 Å². The van der Waals surface area contributed by atoms with Gasteiger partial charge in [0.2, 0.25) is 0 Å². The van der Waals surface area contributed by atoms with E-state index >= 15 is 0 Å². The zero-order valence-corrected chi connectivity index (χ0v) is 18.6. The van der Waals surface area contributed by atoms with Gasteiger partial charge in [-0.1, -0.05) is 6.08 Å². The summed E-state index contributed by atoms with van der Waals surface area (Å²) in [6.07, 6.45) is 3.41. The molecule has 0 bridgehead atoms. The van der Waals surface area contributed by atoms with Crippen LogP contribution in [-0.4, -0.2) is 43.4 Å². The maximum absolute atomic E-state index is 13.3. The number of anilines is 1. The van der Waals surface area contributed by atoms with Gasteiger partial charge in [0.05, 0.1) is 27.0 Å². The lowest BCUT2D eigenvalue weighted by atomic mass is 10.0. The normalized spacial score (nSPS) is 14.9. The third-order valence-electron chi connectivity index (χ3n) is 4.80. The van der Waals surface area contributed by atoms with Gasteiger partial charge in [-0.05, 0) is 54.5 Å². The van der Waals surface area contributed by atoms with Gasteiger partial charge in [0.25, 0.3) is 11.8 Å². The highest BCUT2D eigenvalue weighted by Gasteiger charge is 2.36. The first-order valence-corrected chi connectivity index (χ1v) is 9.89. The standard InChI is InChI=1S/C23H22N2O6S/c1-5-6-14-9-13(11-19(31-4)20(14)26)10-16-21(27)24-23(32)25(22(16)28)17-8-7-15(29-2)12-18(17)30-3/h5,7-12,26H,1,6H2,2-4H3,(H,24,27,32)/b16-10+. The Hall–Kier alpha value is -3.85. The van der Waals surface area contributed by atoms with Crippen molar-refractivity contribution < 1.29 is 28.9 Å². The van der Waals surface area contributed by atoms with Gasteiger partial charge in [-0.2, -0.15) is 0 Å². The van der Waals surface area contributed by atoms with Crippen LogP contribution in [0.15, 0.2) is 48.6 Å². The molecule has 0 unspecified atom stereocenters. The Bertz CT molecular complexity index is 1140. The van der Waals surface area contributed by atoms with E-state index in [9.17, 15) is 14.7 Å². The van der Waals surface area contributed by atoms with Crippen LogP contribution in [0.25, 0.3) is 6.08 Å². The van der Waals surface area contributed by atoms with E-state index in [0.29, 0.717) is 34.7 Å². The fourth-order valence-corrected chi connectivity index (χ4v) is 3.53. The van der Waals surface area contributed by atoms with Crippen LogP contribution in [0.5, 0.6) is 23.0 Å². The number of hydrogen-bond acceptors (Lipinski definition) is 7. The van der Waals surface area contributed by atoms with Crippen LogP contribution in [0.3, 0.4) is 0 Å². The van der Waals surface area contributed by atoms with Crippen LogP contribution in [0.1, 0.15) is 11.1 Å². The van der Waals surface area contributed by atoms with Gasteiger partial charge in [-0.25, -0.2) is 4.90 Å². The summed E-state index contributed by atoms with van der Waals surface area (Å²) in [4.78, 5) is 27.1. The molecule has 0 radical (unpaired) electrons. The van der Waals surface area contributed by atoms with Gasteiger partial charge in [0.15, 0.2) is 16.6 Å². The lowest BCUT2D eigenvalue weighted by Crippen LogP contribution is -2.54. The van der Waals surface area contributed by atoms with Crippen molar-refractivity contribution in [2.75, 3.05) is 26.2 Å². The van der Waals surface area contributed by atoms with Crippen LogP contribution in [-0.2, 0) is 16.0 Å². The summed E-state index contributed by atoms with van der Waals surface area (Å²) < 4.78 is 15.8. The Morgan fingerprint density at radius 3 is 2.44 bits per heavy atom. The second-order valence-electron chi connectivity index (χ2n) is 6.72. The fourth-order valence-electron chi connectivity index (χ4n) is 3.25. The number of nitrogens with zero attached hydrogens (tertiary/aromatic N) is 1. The quantitative estimate of drug-likeness (QED) is 0.287. The molecule has 1 saturated heterocycles. The third-order valence-corrected chi connectivity index (χ3v) is 5.09. The minimum atomic E-state index is -0.638. The van der Waals surface area contributed by atoms with Gasteiger partial charge in [-0.3, -0.25) is 14.9 Å². The predicted octanol–water partition coefficient (Wildman–Crippen LogP) is 2.98. The molecule has 3 rings (SSSR count). The first kappa shape index (κ1) is 22.8. The molecule has 1 aliphatic heterocycles. The van der Waals surface area contributed by atoms with Crippen molar-refractivity contribution in [3.63, 3.8) is 0 Å². The first-order chi connectivity index (χ1) is 15.3. The number of carbonyl (C=O) groups excluding carboxylic acids is 2. The van der Waals surface area contributed by atoms with Crippen molar-refractivity contribution in [2.45, 2.75) is 6.42 Å². The van der Waals surface area contributed by atoms with Gasteiger partial charge in [-0.15, -0.1) is 6.58 Å². The molecule has 1 fully saturated rings. The largest absolute Gasteiger partial charge is 0.504 e. The van der Waals surface area contributed by atoms with Gasteiger partial charge in [0, 0.05) is 11.6 Å². The van der Waals surface area contributed by atoms with Crippen LogP contribution < -0.4 is 24.4 Å². The molecule has 0 spiro atoms. The number of thiocarbonyl (C=S) groups is 1. The van der Waals surface area contributed by atoms with Crippen molar-refractivity contribution in [1.82, 2.24) is 5.32 Å². The van der Waals surface area contributed by atoms with Gasteiger partial charge >= 0.3 is 0 Å². The number of carbonyl (C=O) groups is 2. The molecule has 0 atom stereocenters. The van der Waals surface area contributed by atoms with Crippen LogP contribution in [0.4, 0.5) is 5.69 Å². The molecule has 2 aromatic carbocycles. The van der Waals surface area contributed by atoms with Gasteiger partial charge < -0.3 is 19.3 Å². The molecular formula is C23H22N2O6S. The van der Waals surface area contributed by atoms with E-state index in [4.69, 9.17) is 26.4 Å². The molecule has 2 aromatic rings. The number of benzene rings is 2. The van der Waals surface area contributed by atoms with Crippen molar-refractivity contribution in [2.24, 2.45) is 0 Å². The van der Waals surface area contributed by atoms with E-state index in [1.165, 1.54) is 38.4 Å². The topological polar surface area (TPSA) is 97.3 Å². The number of allylic oxidation sites excluding steroid dienone is 1. The Morgan fingerprint density at radius 2 is 1.81 bits per heavy atom. The maximum Gasteiger partial charge on any atom is 0.270 e. The van der Waals surface area contributed by atoms with Gasteiger partial charge in [0.1, 0.15) is 17.1 Å². The zero-order valence-electron chi connectivity index (χ0n) is 17.8. The van der Waals surface area contributed by atoms with Crippen molar-refractivity contribution in [3.8, 4) is 23.0 Å². The average Bonchev–Trinajstić information content (AvgIpc) is 2.78. The molecule has 0 aliphatic carbocycles.